The van der Waals surface area contributed by atoms with Gasteiger partial charge < -0.3 is 5.11 Å². The zero-order valence-corrected chi connectivity index (χ0v) is 9.69. The van der Waals surface area contributed by atoms with Crippen LogP contribution in [0.15, 0.2) is 66.9 Å². The van der Waals surface area contributed by atoms with Gasteiger partial charge >= 0.3 is 0 Å². The molecule has 18 heavy (non-hydrogen) atoms. The average Bonchev–Trinajstić information content (AvgIpc) is 2.89. The lowest BCUT2D eigenvalue weighted by Crippen LogP contribution is -1.98. The number of rotatable bonds is 2. The maximum Gasteiger partial charge on any atom is 0.116 e. The molecule has 88 valence electrons. The Morgan fingerprint density at radius 2 is 1.72 bits per heavy atom. The van der Waals surface area contributed by atoms with E-state index in [9.17, 15) is 5.11 Å². The van der Waals surface area contributed by atoms with E-state index in [-0.39, 0.29) is 5.75 Å². The minimum atomic E-state index is 0.258. The third-order valence-corrected chi connectivity index (χ3v) is 2.79. The first kappa shape index (κ1) is 10.6. The van der Waals surface area contributed by atoms with Gasteiger partial charge in [-0.1, -0.05) is 30.3 Å². The van der Waals surface area contributed by atoms with Gasteiger partial charge in [0.15, 0.2) is 0 Å². The van der Waals surface area contributed by atoms with E-state index in [1.807, 2.05) is 53.2 Å². The van der Waals surface area contributed by atoms with Crippen molar-refractivity contribution in [3.8, 4) is 22.7 Å². The molecule has 0 unspecified atom stereocenters. The highest BCUT2D eigenvalue weighted by atomic mass is 16.3. The lowest BCUT2D eigenvalue weighted by Gasteiger charge is -2.07. The molecule has 0 aliphatic carbocycles. The van der Waals surface area contributed by atoms with E-state index < -0.39 is 0 Å². The molecular weight excluding hydrogens is 224 g/mol. The Balaban J connectivity index is 2.13. The normalized spacial score (nSPS) is 10.4. The van der Waals surface area contributed by atoms with Crippen LogP contribution in [0.1, 0.15) is 0 Å². The van der Waals surface area contributed by atoms with Crippen LogP contribution in [0.25, 0.3) is 16.9 Å². The zero-order chi connectivity index (χ0) is 12.4. The molecule has 1 heterocycles. The Hall–Kier alpha value is -2.55. The van der Waals surface area contributed by atoms with Crippen molar-refractivity contribution in [3.63, 3.8) is 0 Å². The lowest BCUT2D eigenvalue weighted by molar-refractivity contribution is 0.475. The monoisotopic (exact) mass is 236 g/mol. The molecule has 1 N–H and O–H groups in total. The molecule has 0 bridgehead atoms. The highest BCUT2D eigenvalue weighted by Gasteiger charge is 2.07. The van der Waals surface area contributed by atoms with Crippen LogP contribution < -0.4 is 0 Å². The number of hydrogen-bond acceptors (Lipinski definition) is 2. The second kappa shape index (κ2) is 4.37. The summed E-state index contributed by atoms with van der Waals surface area (Å²) in [7, 11) is 0. The van der Waals surface area contributed by atoms with Crippen molar-refractivity contribution >= 4 is 0 Å². The maximum absolute atomic E-state index is 9.54. The van der Waals surface area contributed by atoms with Crippen molar-refractivity contribution < 1.29 is 5.11 Å². The molecule has 3 aromatic rings. The summed E-state index contributed by atoms with van der Waals surface area (Å²) in [4.78, 5) is 0. The van der Waals surface area contributed by atoms with Crippen LogP contribution in [-0.4, -0.2) is 14.9 Å². The van der Waals surface area contributed by atoms with Gasteiger partial charge in [-0.2, -0.15) is 5.10 Å². The minimum absolute atomic E-state index is 0.258. The van der Waals surface area contributed by atoms with Crippen molar-refractivity contribution in [2.24, 2.45) is 0 Å². The number of benzene rings is 2. The number of para-hydroxylation sites is 1. The summed E-state index contributed by atoms with van der Waals surface area (Å²) in [5, 5.41) is 13.9. The molecule has 3 rings (SSSR count). The van der Waals surface area contributed by atoms with Crippen LogP contribution in [0.2, 0.25) is 0 Å². The summed E-state index contributed by atoms with van der Waals surface area (Å²) < 4.78 is 1.86. The predicted molar refractivity (Wildman–Crippen MR) is 70.7 cm³/mol. The molecule has 2 aromatic carbocycles. The molecule has 0 amide bonds. The molecule has 0 spiro atoms. The van der Waals surface area contributed by atoms with Gasteiger partial charge in [0.2, 0.25) is 0 Å². The maximum atomic E-state index is 9.54. The number of aromatic hydroxyl groups is 1. The average molecular weight is 236 g/mol. The Bertz CT molecular complexity index is 659. The van der Waals surface area contributed by atoms with Crippen LogP contribution in [0.3, 0.4) is 0 Å². The summed E-state index contributed by atoms with van der Waals surface area (Å²) in [6.07, 6.45) is 1.76. The summed E-state index contributed by atoms with van der Waals surface area (Å²) >= 11 is 0. The highest BCUT2D eigenvalue weighted by molar-refractivity contribution is 5.63. The Kier molecular flexibility index (Phi) is 2.57. The third kappa shape index (κ3) is 1.86. The molecule has 0 aliphatic heterocycles. The van der Waals surface area contributed by atoms with Crippen molar-refractivity contribution in [2.45, 2.75) is 0 Å². The molecule has 0 aliphatic rings. The van der Waals surface area contributed by atoms with Crippen LogP contribution in [0.4, 0.5) is 0 Å². The first-order chi connectivity index (χ1) is 8.84. The van der Waals surface area contributed by atoms with E-state index in [0.717, 1.165) is 16.9 Å². The molecule has 1 aromatic heterocycles. The van der Waals surface area contributed by atoms with Gasteiger partial charge in [0, 0.05) is 5.56 Å². The van der Waals surface area contributed by atoms with E-state index in [1.54, 1.807) is 18.3 Å². The van der Waals surface area contributed by atoms with Crippen molar-refractivity contribution in [1.82, 2.24) is 9.78 Å². The summed E-state index contributed by atoms with van der Waals surface area (Å²) in [5.74, 6) is 0.258. The number of phenols is 1. The molecule has 0 saturated heterocycles. The largest absolute Gasteiger partial charge is 0.508 e. The van der Waals surface area contributed by atoms with Crippen LogP contribution in [-0.2, 0) is 0 Å². The second-order valence-electron chi connectivity index (χ2n) is 4.01. The molecule has 3 nitrogen and oxygen atoms in total. The Labute approximate surface area is 105 Å². The number of phenolic OH excluding ortho intramolecular Hbond substituents is 1. The van der Waals surface area contributed by atoms with Crippen molar-refractivity contribution in [1.29, 1.82) is 0 Å². The van der Waals surface area contributed by atoms with E-state index in [2.05, 4.69) is 5.10 Å². The zero-order valence-electron chi connectivity index (χ0n) is 9.69. The molecule has 0 saturated carbocycles. The van der Waals surface area contributed by atoms with Gasteiger partial charge in [-0.25, -0.2) is 4.68 Å². The molecule has 0 fully saturated rings. The second-order valence-corrected chi connectivity index (χ2v) is 4.01. The smallest absolute Gasteiger partial charge is 0.116 e. The topological polar surface area (TPSA) is 38.1 Å². The van der Waals surface area contributed by atoms with Crippen LogP contribution in [0.5, 0.6) is 5.75 Å². The quantitative estimate of drug-likeness (QED) is 0.741. The standard InChI is InChI=1S/C15H12N2O/c18-14-8-4-5-12(11-14)15-9-10-16-17(15)13-6-2-1-3-7-13/h1-11,18H. The summed E-state index contributed by atoms with van der Waals surface area (Å²) in [6.45, 7) is 0. The lowest BCUT2D eigenvalue weighted by atomic mass is 10.1. The van der Waals surface area contributed by atoms with Gasteiger partial charge in [-0.15, -0.1) is 0 Å². The van der Waals surface area contributed by atoms with Crippen molar-refractivity contribution in [3.05, 3.63) is 66.9 Å². The summed E-state index contributed by atoms with van der Waals surface area (Å²) in [5.41, 5.74) is 2.90. The summed E-state index contributed by atoms with van der Waals surface area (Å²) in [6, 6.07) is 19.0. The van der Waals surface area contributed by atoms with Gasteiger partial charge in [0.1, 0.15) is 5.75 Å². The number of aromatic nitrogens is 2. The first-order valence-electron chi connectivity index (χ1n) is 5.73. The fraction of sp³-hybridized carbons (Fsp3) is 0. The predicted octanol–water partition coefficient (Wildman–Crippen LogP) is 3.24. The fourth-order valence-electron chi connectivity index (χ4n) is 1.96. The van der Waals surface area contributed by atoms with Crippen LogP contribution in [0, 0.1) is 0 Å². The molecule has 0 radical (unpaired) electrons. The van der Waals surface area contributed by atoms with Gasteiger partial charge in [0.05, 0.1) is 17.6 Å². The van der Waals surface area contributed by atoms with Crippen molar-refractivity contribution in [2.75, 3.05) is 0 Å². The fourth-order valence-corrected chi connectivity index (χ4v) is 1.96. The van der Waals surface area contributed by atoms with E-state index in [1.165, 1.54) is 0 Å². The molecule has 0 atom stereocenters. The minimum Gasteiger partial charge on any atom is -0.508 e. The van der Waals surface area contributed by atoms with E-state index in [0.29, 0.717) is 0 Å². The van der Waals surface area contributed by atoms with E-state index in [4.69, 9.17) is 0 Å². The Morgan fingerprint density at radius 3 is 2.50 bits per heavy atom. The Morgan fingerprint density at radius 1 is 0.889 bits per heavy atom. The first-order valence-corrected chi connectivity index (χ1v) is 5.73. The highest BCUT2D eigenvalue weighted by Crippen LogP contribution is 2.24. The number of hydrogen-bond donors (Lipinski definition) is 1. The van der Waals surface area contributed by atoms with Gasteiger partial charge in [-0.3, -0.25) is 0 Å². The van der Waals surface area contributed by atoms with E-state index >= 15 is 0 Å². The molecule has 3 heteroatoms. The van der Waals surface area contributed by atoms with Crippen LogP contribution >= 0.6 is 0 Å². The third-order valence-electron chi connectivity index (χ3n) is 2.79. The SMILES string of the molecule is Oc1cccc(-c2ccnn2-c2ccccc2)c1. The van der Waals surface area contributed by atoms with Gasteiger partial charge in [0.25, 0.3) is 0 Å². The number of nitrogens with zero attached hydrogens (tertiary/aromatic N) is 2. The van der Waals surface area contributed by atoms with Gasteiger partial charge in [-0.05, 0) is 30.3 Å². The molecular formula is C15H12N2O.